The van der Waals surface area contributed by atoms with Gasteiger partial charge in [-0.05, 0) is 25.0 Å². The normalized spacial score (nSPS) is 12.0. The molecule has 194 valence electrons. The lowest BCUT2D eigenvalue weighted by Gasteiger charge is -2.30. The van der Waals surface area contributed by atoms with Crippen LogP contribution in [0, 0.1) is 0 Å². The molecular weight excluding hydrogens is 543 g/mol. The van der Waals surface area contributed by atoms with E-state index in [0.29, 0.717) is 11.4 Å². The highest BCUT2D eigenvalue weighted by Crippen LogP contribution is 2.14. The van der Waals surface area contributed by atoms with Crippen LogP contribution in [0.5, 0.6) is 0 Å². The van der Waals surface area contributed by atoms with Gasteiger partial charge >= 0.3 is 0 Å². The Morgan fingerprint density at radius 1 is 0.667 bits per heavy atom. The number of nitrogens with one attached hydrogen (secondary N) is 1. The summed E-state index contributed by atoms with van der Waals surface area (Å²) in [4.78, 5) is 0.344. The van der Waals surface area contributed by atoms with Crippen LogP contribution in [0.4, 0.5) is 0 Å². The average Bonchev–Trinajstić information content (AvgIpc) is 2.77. The lowest BCUT2D eigenvalue weighted by atomic mass is 10.0. The van der Waals surface area contributed by atoms with Gasteiger partial charge in [0, 0.05) is 13.0 Å². The molecule has 0 spiro atoms. The molecule has 0 radical (unpaired) electrons. The average molecular weight is 596 g/mol. The molecule has 1 N–H and O–H groups in total. The van der Waals surface area contributed by atoms with E-state index in [1.807, 2.05) is 6.07 Å². The Kier molecular flexibility index (Phi) is 19.9. The second-order valence-electron chi connectivity index (χ2n) is 10.0. The summed E-state index contributed by atoms with van der Waals surface area (Å²) in [6, 6.07) is 8.61. The largest absolute Gasteiger partial charge is 0.328 e. The van der Waals surface area contributed by atoms with Crippen LogP contribution < -0.4 is 4.72 Å². The Bertz CT molecular complexity index is 666. The fraction of sp³-hybridized carbons (Fsp3) is 0.778. The molecular formula is C27H52IN2O2S+. The summed E-state index contributed by atoms with van der Waals surface area (Å²) in [5, 5.41) is 0. The second-order valence-corrected chi connectivity index (χ2v) is 11.8. The van der Waals surface area contributed by atoms with Crippen LogP contribution >= 0.6 is 24.0 Å². The first-order chi connectivity index (χ1) is 15.4. The molecule has 33 heavy (non-hydrogen) atoms. The summed E-state index contributed by atoms with van der Waals surface area (Å²) >= 11 is 0. The predicted octanol–water partition coefficient (Wildman–Crippen LogP) is 7.53. The van der Waals surface area contributed by atoms with Gasteiger partial charge in [0.05, 0.1) is 32.1 Å². The molecule has 1 aromatic carbocycles. The lowest BCUT2D eigenvalue weighted by molar-refractivity contribution is -0.890. The molecule has 0 saturated heterocycles. The van der Waals surface area contributed by atoms with E-state index in [2.05, 4.69) is 25.7 Å². The molecule has 0 amide bonds. The minimum atomic E-state index is -3.38. The summed E-state index contributed by atoms with van der Waals surface area (Å²) in [5.41, 5.74) is 0. The first kappa shape index (κ1) is 32.8. The highest BCUT2D eigenvalue weighted by atomic mass is 127. The van der Waals surface area contributed by atoms with Gasteiger partial charge in [-0.25, -0.2) is 13.1 Å². The van der Waals surface area contributed by atoms with Gasteiger partial charge in [-0.2, -0.15) is 0 Å². The zero-order valence-electron chi connectivity index (χ0n) is 21.7. The van der Waals surface area contributed by atoms with Crippen LogP contribution in [0.25, 0.3) is 0 Å². The highest BCUT2D eigenvalue weighted by molar-refractivity contribution is 14.0. The lowest BCUT2D eigenvalue weighted by Crippen LogP contribution is -2.42. The molecule has 0 aliphatic heterocycles. The molecule has 0 saturated carbocycles. The fourth-order valence-corrected chi connectivity index (χ4v) is 5.34. The minimum absolute atomic E-state index is 0. The van der Waals surface area contributed by atoms with Crippen molar-refractivity contribution in [2.24, 2.45) is 0 Å². The SMILES string of the molecule is CCCCCCCCCCCCCCCC[N+](C)(C)CCCNS(=O)(=O)c1ccccc1.I. The van der Waals surface area contributed by atoms with E-state index in [1.165, 1.54) is 96.4 Å². The fourth-order valence-electron chi connectivity index (χ4n) is 4.24. The number of rotatable bonds is 21. The maximum atomic E-state index is 12.3. The third kappa shape index (κ3) is 17.8. The summed E-state index contributed by atoms with van der Waals surface area (Å²) in [6.07, 6.45) is 20.3. The minimum Gasteiger partial charge on any atom is -0.328 e. The molecule has 4 nitrogen and oxygen atoms in total. The number of halogens is 1. The third-order valence-corrected chi connectivity index (χ3v) is 7.88. The maximum Gasteiger partial charge on any atom is 0.240 e. The van der Waals surface area contributed by atoms with Gasteiger partial charge in [-0.3, -0.25) is 0 Å². The summed E-state index contributed by atoms with van der Waals surface area (Å²) in [5.74, 6) is 0. The van der Waals surface area contributed by atoms with Crippen LogP contribution in [0.3, 0.4) is 0 Å². The molecule has 0 heterocycles. The van der Waals surface area contributed by atoms with E-state index in [4.69, 9.17) is 0 Å². The van der Waals surface area contributed by atoms with Crippen LogP contribution in [-0.2, 0) is 10.0 Å². The molecule has 0 fully saturated rings. The number of hydrogen-bond donors (Lipinski definition) is 1. The molecule has 0 aromatic heterocycles. The van der Waals surface area contributed by atoms with Crippen LogP contribution in [-0.4, -0.2) is 46.6 Å². The first-order valence-electron chi connectivity index (χ1n) is 13.2. The van der Waals surface area contributed by atoms with Gasteiger partial charge in [0.2, 0.25) is 10.0 Å². The van der Waals surface area contributed by atoms with Crippen molar-refractivity contribution in [3.8, 4) is 0 Å². The summed E-state index contributed by atoms with van der Waals surface area (Å²) in [7, 11) is 1.14. The van der Waals surface area contributed by atoms with Crippen LogP contribution in [0.2, 0.25) is 0 Å². The molecule has 1 aromatic rings. The quantitative estimate of drug-likeness (QED) is 0.0908. The van der Waals surface area contributed by atoms with Crippen molar-refractivity contribution in [1.29, 1.82) is 0 Å². The van der Waals surface area contributed by atoms with Crippen molar-refractivity contribution in [3.05, 3.63) is 30.3 Å². The van der Waals surface area contributed by atoms with E-state index in [9.17, 15) is 8.42 Å². The van der Waals surface area contributed by atoms with E-state index in [0.717, 1.165) is 17.4 Å². The Balaban J connectivity index is 0.0000102. The van der Waals surface area contributed by atoms with Crippen LogP contribution in [0.15, 0.2) is 35.2 Å². The Morgan fingerprint density at radius 2 is 1.09 bits per heavy atom. The maximum absolute atomic E-state index is 12.3. The van der Waals surface area contributed by atoms with Gasteiger partial charge in [0.25, 0.3) is 0 Å². The standard InChI is InChI=1S/C27H51N2O2S.HI/c1-4-5-6-7-8-9-10-11-12-13-14-15-16-20-25-29(2,3)26-21-24-28-32(30,31)27-22-18-17-19-23-27;/h17-19,22-23,28H,4-16,20-21,24-26H2,1-3H3;1H/q+1;. The van der Waals surface area contributed by atoms with Crippen molar-refractivity contribution in [3.63, 3.8) is 0 Å². The van der Waals surface area contributed by atoms with Crippen LogP contribution in [0.1, 0.15) is 103 Å². The molecule has 0 atom stereocenters. The Morgan fingerprint density at radius 3 is 1.58 bits per heavy atom. The molecule has 0 aliphatic carbocycles. The topological polar surface area (TPSA) is 46.2 Å². The Hall–Kier alpha value is -0.180. The van der Waals surface area contributed by atoms with E-state index in [-0.39, 0.29) is 24.0 Å². The molecule has 6 heteroatoms. The monoisotopic (exact) mass is 595 g/mol. The predicted molar refractivity (Wildman–Crippen MR) is 154 cm³/mol. The van der Waals surface area contributed by atoms with Crippen molar-refractivity contribution in [2.75, 3.05) is 33.7 Å². The number of quaternary nitrogens is 1. The highest BCUT2D eigenvalue weighted by Gasteiger charge is 2.16. The van der Waals surface area contributed by atoms with E-state index < -0.39 is 10.0 Å². The van der Waals surface area contributed by atoms with Gasteiger partial charge in [-0.15, -0.1) is 24.0 Å². The van der Waals surface area contributed by atoms with Gasteiger partial charge in [0.15, 0.2) is 0 Å². The first-order valence-corrected chi connectivity index (χ1v) is 14.7. The van der Waals surface area contributed by atoms with Gasteiger partial charge in [0.1, 0.15) is 0 Å². The van der Waals surface area contributed by atoms with Gasteiger partial charge < -0.3 is 4.48 Å². The number of unbranched alkanes of at least 4 members (excludes halogenated alkanes) is 13. The van der Waals surface area contributed by atoms with Crippen molar-refractivity contribution in [1.82, 2.24) is 4.72 Å². The summed E-state index contributed by atoms with van der Waals surface area (Å²) < 4.78 is 28.2. The molecule has 1 rings (SSSR count). The Labute approximate surface area is 223 Å². The molecule has 0 aliphatic rings. The number of hydrogen-bond acceptors (Lipinski definition) is 2. The smallest absolute Gasteiger partial charge is 0.240 e. The van der Waals surface area contributed by atoms with E-state index in [1.54, 1.807) is 24.3 Å². The summed E-state index contributed by atoms with van der Waals surface area (Å²) in [6.45, 7) is 4.94. The van der Waals surface area contributed by atoms with Crippen molar-refractivity contribution >= 4 is 34.0 Å². The van der Waals surface area contributed by atoms with Crippen molar-refractivity contribution in [2.45, 2.75) is 108 Å². The molecule has 0 unspecified atom stereocenters. The van der Waals surface area contributed by atoms with Gasteiger partial charge in [-0.1, -0.05) is 102 Å². The van der Waals surface area contributed by atoms with E-state index >= 15 is 0 Å². The zero-order valence-corrected chi connectivity index (χ0v) is 24.8. The van der Waals surface area contributed by atoms with Crippen molar-refractivity contribution < 1.29 is 12.9 Å². The third-order valence-electron chi connectivity index (χ3n) is 6.40. The number of sulfonamides is 1. The second kappa shape index (κ2) is 20.1. The number of nitrogens with zero attached hydrogens (tertiary/aromatic N) is 1. The molecule has 0 bridgehead atoms. The zero-order chi connectivity index (χ0) is 23.5. The number of benzene rings is 1.